The minimum atomic E-state index is -0.442. The van der Waals surface area contributed by atoms with Crippen molar-refractivity contribution in [3.8, 4) is 0 Å². The van der Waals surface area contributed by atoms with E-state index in [1.54, 1.807) is 37.3 Å². The van der Waals surface area contributed by atoms with Gasteiger partial charge in [-0.15, -0.1) is 0 Å². The fourth-order valence-corrected chi connectivity index (χ4v) is 2.83. The van der Waals surface area contributed by atoms with Gasteiger partial charge in [0.15, 0.2) is 0 Å². The van der Waals surface area contributed by atoms with E-state index in [0.717, 1.165) is 5.56 Å². The molecule has 2 aromatic carbocycles. The molecule has 0 spiro atoms. The van der Waals surface area contributed by atoms with E-state index in [4.69, 9.17) is 4.74 Å². The number of hydrogen-bond acceptors (Lipinski definition) is 4. The molecule has 4 heteroatoms. The van der Waals surface area contributed by atoms with E-state index in [9.17, 15) is 9.59 Å². The van der Waals surface area contributed by atoms with E-state index in [1.165, 1.54) is 0 Å². The summed E-state index contributed by atoms with van der Waals surface area (Å²) in [5.41, 5.74) is 2.86. The molecule has 3 rings (SSSR count). The molecule has 4 nitrogen and oxygen atoms in total. The lowest BCUT2D eigenvalue weighted by Crippen LogP contribution is -2.11. The first kappa shape index (κ1) is 17.8. The largest absolute Gasteiger partial charge is 0.462 e. The number of ether oxygens (including phenoxy) is 1. The third kappa shape index (κ3) is 3.49. The lowest BCUT2D eigenvalue weighted by Gasteiger charge is -2.12. The van der Waals surface area contributed by atoms with Crippen LogP contribution < -0.4 is 0 Å². The Kier molecular flexibility index (Phi) is 5.12. The maximum Gasteiger partial charge on any atom is 0.338 e. The third-order valence-corrected chi connectivity index (χ3v) is 4.26. The van der Waals surface area contributed by atoms with Crippen molar-refractivity contribution in [3.05, 3.63) is 77.0 Å². The van der Waals surface area contributed by atoms with Gasteiger partial charge in [-0.05, 0) is 36.6 Å². The first-order valence-corrected chi connectivity index (χ1v) is 8.72. The molecule has 1 aromatic heterocycles. The number of hydrogen-bond donors (Lipinski definition) is 0. The maximum atomic E-state index is 12.8. The Morgan fingerprint density at radius 3 is 2.42 bits per heavy atom. The van der Waals surface area contributed by atoms with Gasteiger partial charge in [0.2, 0.25) is 5.78 Å². The van der Waals surface area contributed by atoms with Gasteiger partial charge in [-0.3, -0.25) is 4.79 Å². The van der Waals surface area contributed by atoms with Crippen LogP contribution in [-0.2, 0) is 4.74 Å². The van der Waals surface area contributed by atoms with Crippen molar-refractivity contribution in [2.24, 2.45) is 0 Å². The fraction of sp³-hybridized carbons (Fsp3) is 0.227. The van der Waals surface area contributed by atoms with Crippen LogP contribution in [-0.4, -0.2) is 23.3 Å². The molecule has 0 N–H and O–H groups in total. The predicted molar refractivity (Wildman–Crippen MR) is 102 cm³/mol. The summed E-state index contributed by atoms with van der Waals surface area (Å²) < 4.78 is 5.20. The van der Waals surface area contributed by atoms with E-state index in [2.05, 4.69) is 18.8 Å². The van der Waals surface area contributed by atoms with E-state index in [-0.39, 0.29) is 18.1 Å². The van der Waals surface area contributed by atoms with Crippen LogP contribution >= 0.6 is 0 Å². The highest BCUT2D eigenvalue weighted by Crippen LogP contribution is 2.25. The number of rotatable bonds is 5. The highest BCUT2D eigenvalue weighted by molar-refractivity contribution is 6.12. The summed E-state index contributed by atoms with van der Waals surface area (Å²) in [7, 11) is 0. The molecule has 26 heavy (non-hydrogen) atoms. The van der Waals surface area contributed by atoms with Crippen LogP contribution in [0.15, 0.2) is 54.6 Å². The zero-order chi connectivity index (χ0) is 18.7. The van der Waals surface area contributed by atoms with Crippen molar-refractivity contribution in [1.82, 2.24) is 4.98 Å². The van der Waals surface area contributed by atoms with Crippen molar-refractivity contribution in [1.29, 1.82) is 0 Å². The molecule has 0 amide bonds. The van der Waals surface area contributed by atoms with Gasteiger partial charge in [-0.2, -0.15) is 0 Å². The van der Waals surface area contributed by atoms with Crippen LogP contribution in [0.5, 0.6) is 0 Å². The maximum absolute atomic E-state index is 12.8. The highest BCUT2D eigenvalue weighted by Gasteiger charge is 2.19. The zero-order valence-electron chi connectivity index (χ0n) is 15.2. The average Bonchev–Trinajstić information content (AvgIpc) is 2.66. The number of carbonyl (C=O) groups is 2. The summed E-state index contributed by atoms with van der Waals surface area (Å²) >= 11 is 0. The molecular formula is C22H21NO3. The lowest BCUT2D eigenvalue weighted by atomic mass is 9.97. The molecule has 0 aliphatic carbocycles. The molecule has 0 radical (unpaired) electrons. The molecule has 3 aromatic rings. The summed E-state index contributed by atoms with van der Waals surface area (Å²) in [5, 5.41) is 0.708. The van der Waals surface area contributed by atoms with E-state index >= 15 is 0 Å². The number of nitrogens with zero attached hydrogens (tertiary/aromatic N) is 1. The Balaban J connectivity index is 2.19. The number of carbonyl (C=O) groups excluding carboxylic acids is 2. The smallest absolute Gasteiger partial charge is 0.338 e. The normalized spacial score (nSPS) is 10.9. The number of pyridine rings is 1. The van der Waals surface area contributed by atoms with Crippen molar-refractivity contribution in [2.75, 3.05) is 6.61 Å². The molecule has 0 aliphatic rings. The summed E-state index contributed by atoms with van der Waals surface area (Å²) in [6.45, 7) is 6.21. The SMILES string of the molecule is CCOC(=O)c1cc(C(=O)c2ccccc2)nc2ccc(C(C)C)cc12. The summed E-state index contributed by atoms with van der Waals surface area (Å²) in [5.74, 6) is -0.339. The van der Waals surface area contributed by atoms with Crippen LogP contribution in [0, 0.1) is 0 Å². The van der Waals surface area contributed by atoms with Crippen LogP contribution in [0.1, 0.15) is 58.7 Å². The number of benzene rings is 2. The number of aromatic nitrogens is 1. The molecule has 0 unspecified atom stereocenters. The average molecular weight is 347 g/mol. The van der Waals surface area contributed by atoms with Crippen molar-refractivity contribution in [3.63, 3.8) is 0 Å². The molecule has 0 aliphatic heterocycles. The molecule has 132 valence electrons. The van der Waals surface area contributed by atoms with Gasteiger partial charge in [0.25, 0.3) is 0 Å². The first-order valence-electron chi connectivity index (χ1n) is 8.72. The quantitative estimate of drug-likeness (QED) is 0.493. The van der Waals surface area contributed by atoms with Crippen molar-refractivity contribution in [2.45, 2.75) is 26.7 Å². The molecule has 0 bridgehead atoms. The molecule has 0 saturated carbocycles. The standard InChI is InChI=1S/C22H21NO3/c1-4-26-22(25)18-13-20(21(24)15-8-6-5-7-9-15)23-19-11-10-16(14(2)3)12-17(18)19/h5-14H,4H2,1-3H3. The van der Waals surface area contributed by atoms with Crippen molar-refractivity contribution < 1.29 is 14.3 Å². The summed E-state index contributed by atoms with van der Waals surface area (Å²) in [6.07, 6.45) is 0. The second-order valence-electron chi connectivity index (χ2n) is 6.40. The second kappa shape index (κ2) is 7.48. The van der Waals surface area contributed by atoms with Crippen molar-refractivity contribution >= 4 is 22.7 Å². The molecule has 0 saturated heterocycles. The Morgan fingerprint density at radius 2 is 1.77 bits per heavy atom. The number of esters is 1. The Labute approximate surface area is 152 Å². The second-order valence-corrected chi connectivity index (χ2v) is 6.40. The predicted octanol–water partition coefficient (Wildman–Crippen LogP) is 4.77. The van der Waals surface area contributed by atoms with Gasteiger partial charge in [0.1, 0.15) is 5.69 Å². The Bertz CT molecular complexity index is 962. The van der Waals surface area contributed by atoms with Gasteiger partial charge >= 0.3 is 5.97 Å². The van der Waals surface area contributed by atoms with E-state index in [0.29, 0.717) is 27.9 Å². The van der Waals surface area contributed by atoms with Crippen LogP contribution in [0.4, 0.5) is 0 Å². The zero-order valence-corrected chi connectivity index (χ0v) is 15.2. The highest BCUT2D eigenvalue weighted by atomic mass is 16.5. The minimum absolute atomic E-state index is 0.217. The lowest BCUT2D eigenvalue weighted by molar-refractivity contribution is 0.0528. The Morgan fingerprint density at radius 1 is 1.04 bits per heavy atom. The molecule has 1 heterocycles. The first-order chi connectivity index (χ1) is 12.5. The van der Waals surface area contributed by atoms with Gasteiger partial charge < -0.3 is 4.74 Å². The topological polar surface area (TPSA) is 56.3 Å². The van der Waals surface area contributed by atoms with Crippen LogP contribution in [0.3, 0.4) is 0 Å². The van der Waals surface area contributed by atoms with Gasteiger partial charge in [0, 0.05) is 10.9 Å². The third-order valence-electron chi connectivity index (χ3n) is 4.26. The molecular weight excluding hydrogens is 326 g/mol. The minimum Gasteiger partial charge on any atom is -0.462 e. The molecule has 0 fully saturated rings. The number of fused-ring (bicyclic) bond motifs is 1. The van der Waals surface area contributed by atoms with Gasteiger partial charge in [0.05, 0.1) is 17.7 Å². The fourth-order valence-electron chi connectivity index (χ4n) is 2.83. The Hall–Kier alpha value is -3.01. The summed E-state index contributed by atoms with van der Waals surface area (Å²) in [6, 6.07) is 16.3. The van der Waals surface area contributed by atoms with Crippen LogP contribution in [0.2, 0.25) is 0 Å². The number of ketones is 1. The molecule has 0 atom stereocenters. The van der Waals surface area contributed by atoms with Gasteiger partial charge in [-0.1, -0.05) is 50.2 Å². The monoisotopic (exact) mass is 347 g/mol. The van der Waals surface area contributed by atoms with Crippen LogP contribution in [0.25, 0.3) is 10.9 Å². The van der Waals surface area contributed by atoms with E-state index < -0.39 is 5.97 Å². The summed E-state index contributed by atoms with van der Waals surface area (Å²) in [4.78, 5) is 29.8. The van der Waals surface area contributed by atoms with Gasteiger partial charge in [-0.25, -0.2) is 9.78 Å². The van der Waals surface area contributed by atoms with E-state index in [1.807, 2.05) is 24.3 Å².